The van der Waals surface area contributed by atoms with Gasteiger partial charge in [0.15, 0.2) is 0 Å². The van der Waals surface area contributed by atoms with Crippen molar-refractivity contribution in [2.75, 3.05) is 19.6 Å². The van der Waals surface area contributed by atoms with E-state index >= 15 is 0 Å². The molecule has 6 amide bonds. The molecule has 0 radical (unpaired) electrons. The smallest absolute Gasteiger partial charge is 0.407 e. The number of nitrogens with zero attached hydrogens (tertiary/aromatic N) is 2. The number of alkyl carbamates (subject to hydrolysis) is 2. The summed E-state index contributed by atoms with van der Waals surface area (Å²) in [7, 11) is 0. The minimum Gasteiger partial charge on any atom is -0.480 e. The van der Waals surface area contributed by atoms with E-state index in [0.29, 0.717) is 31.2 Å². The Morgan fingerprint density at radius 3 is 2.00 bits per heavy atom. The number of carboxylic acid groups (broad SMARTS) is 1. The molecule has 0 bridgehead atoms. The highest BCUT2D eigenvalue weighted by Gasteiger charge is 2.46. The van der Waals surface area contributed by atoms with Crippen LogP contribution in [0.25, 0.3) is 11.1 Å². The van der Waals surface area contributed by atoms with Crippen LogP contribution in [-0.2, 0) is 35.1 Å². The van der Waals surface area contributed by atoms with E-state index in [2.05, 4.69) is 52.5 Å². The molecule has 0 unspecified atom stereocenters. The maximum atomic E-state index is 14.4. The van der Waals surface area contributed by atoms with Gasteiger partial charge in [-0.25, -0.2) is 14.4 Å². The molecule has 0 saturated carbocycles. The molecular weight excluding hydrogens is 797 g/mol. The molecule has 2 aliphatic rings. The number of carbonyl (C=O) groups is 7. The number of likely N-dealkylation sites (tertiary alicyclic amines) is 2. The lowest BCUT2D eigenvalue weighted by Gasteiger charge is -2.31. The zero-order valence-corrected chi connectivity index (χ0v) is 37.5. The molecule has 5 N–H and O–H groups in total. The van der Waals surface area contributed by atoms with Gasteiger partial charge in [0, 0.05) is 25.2 Å². The normalized spacial score (nSPS) is 18.6. The van der Waals surface area contributed by atoms with Crippen LogP contribution in [0.1, 0.15) is 123 Å². The number of hydrogen-bond acceptors (Lipinski definition) is 9. The first-order valence-corrected chi connectivity index (χ1v) is 21.8. The van der Waals surface area contributed by atoms with Gasteiger partial charge in [0.25, 0.3) is 5.91 Å². The summed E-state index contributed by atoms with van der Waals surface area (Å²) in [6.07, 6.45) is 3.78. The second-order valence-electron chi connectivity index (χ2n) is 18.2. The van der Waals surface area contributed by atoms with Crippen LogP contribution >= 0.6 is 0 Å². The van der Waals surface area contributed by atoms with Crippen LogP contribution in [0.15, 0.2) is 48.5 Å². The first kappa shape index (κ1) is 49.0. The van der Waals surface area contributed by atoms with Crippen LogP contribution in [0.2, 0.25) is 0 Å². The van der Waals surface area contributed by atoms with Crippen molar-refractivity contribution in [2.24, 2.45) is 0 Å². The van der Waals surface area contributed by atoms with Crippen molar-refractivity contribution in [3.8, 4) is 11.1 Å². The quantitative estimate of drug-likeness (QED) is 0.125. The molecule has 4 rings (SSSR count). The Hall–Kier alpha value is -5.67. The fourth-order valence-electron chi connectivity index (χ4n) is 7.49. The largest absolute Gasteiger partial charge is 0.480 e. The summed E-state index contributed by atoms with van der Waals surface area (Å²) in [5, 5.41) is 20.3. The van der Waals surface area contributed by atoms with Crippen LogP contribution < -0.4 is 21.3 Å². The molecule has 2 aromatic carbocycles. The topological polar surface area (TPSA) is 213 Å². The zero-order chi connectivity index (χ0) is 45.8. The highest BCUT2D eigenvalue weighted by atomic mass is 16.6. The molecule has 2 aromatic rings. The fraction of sp³-hybridized carbons (Fsp3) is 0.587. The Morgan fingerprint density at radius 2 is 1.40 bits per heavy atom. The van der Waals surface area contributed by atoms with Crippen molar-refractivity contribution in [3.63, 3.8) is 0 Å². The highest BCUT2D eigenvalue weighted by Crippen LogP contribution is 2.28. The summed E-state index contributed by atoms with van der Waals surface area (Å²) >= 11 is 0. The van der Waals surface area contributed by atoms with Gasteiger partial charge in [0.1, 0.15) is 35.4 Å². The number of rotatable bonds is 17. The first-order valence-electron chi connectivity index (χ1n) is 21.8. The molecule has 0 spiro atoms. The zero-order valence-electron chi connectivity index (χ0n) is 37.5. The van der Waals surface area contributed by atoms with E-state index in [9.17, 15) is 38.7 Å². The van der Waals surface area contributed by atoms with Crippen molar-refractivity contribution >= 4 is 41.8 Å². The molecule has 2 saturated heterocycles. The summed E-state index contributed by atoms with van der Waals surface area (Å²) < 4.78 is 10.7. The number of hydrogen-bond donors (Lipinski definition) is 5. The molecular formula is C46H66N6O10. The Morgan fingerprint density at radius 1 is 0.790 bits per heavy atom. The third-order valence-corrected chi connectivity index (χ3v) is 10.6. The number of amides is 6. The van der Waals surface area contributed by atoms with Gasteiger partial charge < -0.3 is 45.6 Å². The lowest BCUT2D eigenvalue weighted by atomic mass is 10.0. The van der Waals surface area contributed by atoms with E-state index in [0.717, 1.165) is 30.4 Å². The average molecular weight is 863 g/mol. The number of carbonyl (C=O) groups excluding carboxylic acids is 6. The predicted octanol–water partition coefficient (Wildman–Crippen LogP) is 5.56. The SMILES string of the molecule is CCCCc1ccc(-c2ccc(C(=O)N3C[C@@H](NC(=O)OC(C)(C)C)C[C@H]3C(=O)N3CCC[C@H]3C(=O)N[C@@H](C)C(=O)N[C@@H](CCCCNC(=O)OC(C)(C)C)C(=O)O)cc2)cc1. The van der Waals surface area contributed by atoms with Crippen LogP contribution in [0.4, 0.5) is 9.59 Å². The Bertz CT molecular complexity index is 1890. The van der Waals surface area contributed by atoms with E-state index < -0.39 is 83.2 Å². The average Bonchev–Trinajstić information content (AvgIpc) is 3.86. The van der Waals surface area contributed by atoms with E-state index in [-0.39, 0.29) is 32.5 Å². The molecule has 16 nitrogen and oxygen atoms in total. The van der Waals surface area contributed by atoms with Gasteiger partial charge in [-0.15, -0.1) is 0 Å². The number of benzene rings is 2. The number of carboxylic acids is 1. The number of aliphatic carboxylic acids is 1. The highest BCUT2D eigenvalue weighted by molar-refractivity contribution is 6.00. The van der Waals surface area contributed by atoms with E-state index in [1.54, 1.807) is 53.7 Å². The molecule has 16 heteroatoms. The maximum Gasteiger partial charge on any atom is 0.407 e. The minimum atomic E-state index is -1.25. The van der Waals surface area contributed by atoms with Gasteiger partial charge in [-0.1, -0.05) is 49.7 Å². The summed E-state index contributed by atoms with van der Waals surface area (Å²) in [4.78, 5) is 95.0. The van der Waals surface area contributed by atoms with Gasteiger partial charge in [0.05, 0.1) is 6.04 Å². The monoisotopic (exact) mass is 862 g/mol. The Balaban J connectivity index is 1.41. The molecule has 2 fully saturated rings. The lowest BCUT2D eigenvalue weighted by Crippen LogP contribution is -2.56. The molecule has 0 aromatic heterocycles. The van der Waals surface area contributed by atoms with Crippen LogP contribution in [0.5, 0.6) is 0 Å². The standard InChI is InChI=1S/C46H66N6O10/c1-9-10-14-30-17-19-31(20-18-30)32-21-23-33(24-22-32)40(55)52-28-34(49-44(60)62-46(6,7)8)27-37(52)41(56)51-26-13-16-36(51)39(54)48-29(2)38(53)50-35(42(57)58)15-11-12-25-47-43(59)61-45(3,4)5/h17-24,29,34-37H,9-16,25-28H2,1-8H3,(H,47,59)(H,48,54)(H,49,60)(H,50,53)(H,57,58)/t29-,34-,35-,36-,37-/m0/s1. The lowest BCUT2D eigenvalue weighted by molar-refractivity contribution is -0.143. The number of nitrogens with one attached hydrogen (secondary N) is 4. The summed E-state index contributed by atoms with van der Waals surface area (Å²) in [6, 6.07) is 10.6. The van der Waals surface area contributed by atoms with Gasteiger partial charge in [-0.05, 0) is 129 Å². The van der Waals surface area contributed by atoms with E-state index in [1.165, 1.54) is 22.3 Å². The van der Waals surface area contributed by atoms with Gasteiger partial charge in [-0.3, -0.25) is 19.2 Å². The number of ether oxygens (including phenoxy) is 2. The molecule has 340 valence electrons. The molecule has 0 aliphatic carbocycles. The second kappa shape index (κ2) is 21.9. The summed E-state index contributed by atoms with van der Waals surface area (Å²) in [5.74, 6) is -3.42. The van der Waals surface area contributed by atoms with Crippen molar-refractivity contribution in [3.05, 3.63) is 59.7 Å². The van der Waals surface area contributed by atoms with E-state index in [1.807, 2.05) is 12.1 Å². The Kier molecular flexibility index (Phi) is 17.3. The summed E-state index contributed by atoms with van der Waals surface area (Å²) in [6.45, 7) is 14.5. The summed E-state index contributed by atoms with van der Waals surface area (Å²) in [5.41, 5.74) is 2.13. The van der Waals surface area contributed by atoms with Crippen molar-refractivity contribution in [1.82, 2.24) is 31.1 Å². The molecule has 2 aliphatic heterocycles. The van der Waals surface area contributed by atoms with Crippen LogP contribution in [-0.4, -0.2) is 118 Å². The number of aryl methyl sites for hydroxylation is 1. The Labute approximate surface area is 365 Å². The number of unbranched alkanes of at least 4 members (excludes halogenated alkanes) is 2. The van der Waals surface area contributed by atoms with Gasteiger partial charge in [0.2, 0.25) is 17.7 Å². The fourth-order valence-corrected chi connectivity index (χ4v) is 7.49. The van der Waals surface area contributed by atoms with Crippen molar-refractivity contribution < 1.29 is 48.1 Å². The van der Waals surface area contributed by atoms with Crippen molar-refractivity contribution in [1.29, 1.82) is 0 Å². The second-order valence-corrected chi connectivity index (χ2v) is 18.2. The van der Waals surface area contributed by atoms with Crippen LogP contribution in [0, 0.1) is 0 Å². The van der Waals surface area contributed by atoms with Crippen molar-refractivity contribution in [2.45, 2.75) is 155 Å². The third-order valence-electron chi connectivity index (χ3n) is 10.6. The molecule has 2 heterocycles. The van der Waals surface area contributed by atoms with E-state index in [4.69, 9.17) is 9.47 Å². The molecule has 5 atom stereocenters. The van der Waals surface area contributed by atoms with Gasteiger partial charge >= 0.3 is 18.2 Å². The van der Waals surface area contributed by atoms with Gasteiger partial charge in [-0.2, -0.15) is 0 Å². The first-order chi connectivity index (χ1) is 29.1. The minimum absolute atomic E-state index is 0.0301. The molecule has 62 heavy (non-hydrogen) atoms. The van der Waals surface area contributed by atoms with Crippen LogP contribution in [0.3, 0.4) is 0 Å². The maximum absolute atomic E-state index is 14.4. The third kappa shape index (κ3) is 14.8. The predicted molar refractivity (Wildman–Crippen MR) is 233 cm³/mol.